The summed E-state index contributed by atoms with van der Waals surface area (Å²) in [7, 11) is 1.68. The second-order valence-corrected chi connectivity index (χ2v) is 6.72. The number of hydrogen-bond acceptors (Lipinski definition) is 7. The Morgan fingerprint density at radius 2 is 2.10 bits per heavy atom. The van der Waals surface area contributed by atoms with E-state index in [4.69, 9.17) is 10.1 Å². The molecule has 8 nitrogen and oxygen atoms in total. The third-order valence-corrected chi connectivity index (χ3v) is 4.63. The number of rotatable bonds is 8. The molecule has 0 spiro atoms. The third kappa shape index (κ3) is 5.16. The Morgan fingerprint density at radius 1 is 1.26 bits per heavy atom. The number of aliphatic imine (C=N–C) groups is 1. The van der Waals surface area contributed by atoms with Crippen LogP contribution in [-0.4, -0.2) is 46.9 Å². The van der Waals surface area contributed by atoms with E-state index in [9.17, 15) is 4.79 Å². The van der Waals surface area contributed by atoms with E-state index < -0.39 is 0 Å². The van der Waals surface area contributed by atoms with Crippen molar-refractivity contribution in [1.29, 1.82) is 5.41 Å². The van der Waals surface area contributed by atoms with E-state index in [1.54, 1.807) is 31.7 Å². The Labute approximate surface area is 181 Å². The van der Waals surface area contributed by atoms with Gasteiger partial charge in [-0.25, -0.2) is 4.98 Å². The fourth-order valence-electron chi connectivity index (χ4n) is 3.04. The molecule has 0 saturated heterocycles. The lowest BCUT2D eigenvalue weighted by Gasteiger charge is -2.14. The first-order valence-electron chi connectivity index (χ1n) is 9.81. The SMILES string of the molecule is CCOc1ccc(C(C=N)C=NC)cc1-c1cnc(NC(=O)c2cnccc2C)cn1. The van der Waals surface area contributed by atoms with Crippen molar-refractivity contribution in [2.45, 2.75) is 19.8 Å². The normalized spacial score (nSPS) is 11.8. The van der Waals surface area contributed by atoms with Crippen molar-refractivity contribution in [2.75, 3.05) is 19.0 Å². The summed E-state index contributed by atoms with van der Waals surface area (Å²) < 4.78 is 5.75. The molecule has 0 fully saturated rings. The molecular formula is C23H24N6O2. The highest BCUT2D eigenvalue weighted by Crippen LogP contribution is 2.31. The summed E-state index contributed by atoms with van der Waals surface area (Å²) in [6.07, 6.45) is 9.28. The minimum Gasteiger partial charge on any atom is -0.493 e. The van der Waals surface area contributed by atoms with Gasteiger partial charge in [-0.1, -0.05) is 6.07 Å². The van der Waals surface area contributed by atoms with E-state index in [1.165, 1.54) is 18.6 Å². The number of aryl methyl sites for hydroxylation is 1. The molecule has 3 aromatic rings. The number of benzene rings is 1. The Kier molecular flexibility index (Phi) is 7.16. The van der Waals surface area contributed by atoms with Gasteiger partial charge in [-0.05, 0) is 43.2 Å². The minimum absolute atomic E-state index is 0.242. The molecule has 0 aliphatic rings. The number of anilines is 1. The van der Waals surface area contributed by atoms with E-state index in [-0.39, 0.29) is 11.8 Å². The first kappa shape index (κ1) is 21.8. The molecule has 0 aliphatic carbocycles. The highest BCUT2D eigenvalue weighted by Gasteiger charge is 2.15. The largest absolute Gasteiger partial charge is 0.493 e. The van der Waals surface area contributed by atoms with Crippen molar-refractivity contribution in [2.24, 2.45) is 4.99 Å². The zero-order valence-corrected chi connectivity index (χ0v) is 17.7. The van der Waals surface area contributed by atoms with Gasteiger partial charge in [0, 0.05) is 37.4 Å². The summed E-state index contributed by atoms with van der Waals surface area (Å²) in [6, 6.07) is 7.46. The van der Waals surface area contributed by atoms with E-state index in [2.05, 4.69) is 25.3 Å². The molecule has 2 aromatic heterocycles. The topological polar surface area (TPSA) is 113 Å². The molecule has 0 bridgehead atoms. The van der Waals surface area contributed by atoms with Gasteiger partial charge in [0.2, 0.25) is 0 Å². The molecular weight excluding hydrogens is 392 g/mol. The first-order valence-corrected chi connectivity index (χ1v) is 9.81. The van der Waals surface area contributed by atoms with Crippen LogP contribution < -0.4 is 10.1 Å². The zero-order chi connectivity index (χ0) is 22.2. The maximum atomic E-state index is 12.5. The van der Waals surface area contributed by atoms with Gasteiger partial charge in [0.15, 0.2) is 5.82 Å². The Balaban J connectivity index is 1.89. The quantitative estimate of drug-likeness (QED) is 0.540. The number of nitrogens with zero attached hydrogens (tertiary/aromatic N) is 4. The summed E-state index contributed by atoms with van der Waals surface area (Å²) in [5.74, 6) is 0.466. The Morgan fingerprint density at radius 3 is 2.74 bits per heavy atom. The van der Waals surface area contributed by atoms with Crippen LogP contribution in [0.1, 0.15) is 34.3 Å². The van der Waals surface area contributed by atoms with Gasteiger partial charge < -0.3 is 15.5 Å². The van der Waals surface area contributed by atoms with E-state index >= 15 is 0 Å². The van der Waals surface area contributed by atoms with Crippen LogP contribution in [0.25, 0.3) is 11.3 Å². The van der Waals surface area contributed by atoms with Gasteiger partial charge in [-0.15, -0.1) is 0 Å². The smallest absolute Gasteiger partial charge is 0.258 e. The standard InChI is InChI=1S/C23H24N6O2/c1-4-31-21-6-5-16(17(10-24)11-25-3)9-18(21)20-13-28-22(14-27-20)29-23(30)19-12-26-8-7-15(19)2/h5-14,17,24H,4H2,1-3H3,(H,28,29,30). The van der Waals surface area contributed by atoms with Crippen LogP contribution in [0.2, 0.25) is 0 Å². The van der Waals surface area contributed by atoms with Crippen LogP contribution in [0, 0.1) is 12.3 Å². The van der Waals surface area contributed by atoms with Gasteiger partial charge in [0.05, 0.1) is 36.2 Å². The average molecular weight is 416 g/mol. The van der Waals surface area contributed by atoms with Crippen molar-refractivity contribution in [3.63, 3.8) is 0 Å². The van der Waals surface area contributed by atoms with E-state index in [0.717, 1.165) is 16.7 Å². The monoisotopic (exact) mass is 416 g/mol. The third-order valence-electron chi connectivity index (χ3n) is 4.63. The molecule has 8 heteroatoms. The number of ether oxygens (including phenoxy) is 1. The van der Waals surface area contributed by atoms with Crippen LogP contribution in [-0.2, 0) is 0 Å². The van der Waals surface area contributed by atoms with Crippen LogP contribution in [0.4, 0.5) is 5.82 Å². The van der Waals surface area contributed by atoms with Gasteiger partial charge in [-0.2, -0.15) is 0 Å². The van der Waals surface area contributed by atoms with Crippen molar-refractivity contribution in [3.8, 4) is 17.0 Å². The predicted molar refractivity (Wildman–Crippen MR) is 122 cm³/mol. The van der Waals surface area contributed by atoms with Gasteiger partial charge >= 0.3 is 0 Å². The summed E-state index contributed by atoms with van der Waals surface area (Å²) in [4.78, 5) is 29.3. The van der Waals surface area contributed by atoms with Gasteiger partial charge in [-0.3, -0.25) is 19.8 Å². The molecule has 1 aromatic carbocycles. The molecule has 2 N–H and O–H groups in total. The molecule has 158 valence electrons. The number of carbonyl (C=O) groups excluding carboxylic acids is 1. The lowest BCUT2D eigenvalue weighted by molar-refractivity contribution is 0.102. The van der Waals surface area contributed by atoms with Crippen LogP contribution >= 0.6 is 0 Å². The molecule has 3 rings (SSSR count). The minimum atomic E-state index is -0.294. The number of hydrogen-bond donors (Lipinski definition) is 2. The summed E-state index contributed by atoms with van der Waals surface area (Å²) in [5.41, 5.74) is 3.55. The number of nitrogens with one attached hydrogen (secondary N) is 2. The first-order chi connectivity index (χ1) is 15.1. The van der Waals surface area contributed by atoms with Crippen LogP contribution in [0.3, 0.4) is 0 Å². The second-order valence-electron chi connectivity index (χ2n) is 6.72. The van der Waals surface area contributed by atoms with Crippen LogP contribution in [0.15, 0.2) is 54.0 Å². The fourth-order valence-corrected chi connectivity index (χ4v) is 3.04. The molecule has 0 aliphatic heterocycles. The van der Waals surface area contributed by atoms with Crippen molar-refractivity contribution in [3.05, 3.63) is 65.7 Å². The second kappa shape index (κ2) is 10.2. The molecule has 0 radical (unpaired) electrons. The zero-order valence-electron chi connectivity index (χ0n) is 17.7. The van der Waals surface area contributed by atoms with E-state index in [0.29, 0.717) is 29.4 Å². The summed E-state index contributed by atoms with van der Waals surface area (Å²) in [6.45, 7) is 4.26. The molecule has 31 heavy (non-hydrogen) atoms. The predicted octanol–water partition coefficient (Wildman–Crippen LogP) is 3.93. The molecule has 1 unspecified atom stereocenters. The number of carbonyl (C=O) groups is 1. The lowest BCUT2D eigenvalue weighted by Crippen LogP contribution is -2.14. The highest BCUT2D eigenvalue weighted by molar-refractivity contribution is 6.04. The Bertz CT molecular complexity index is 1100. The maximum absolute atomic E-state index is 12.5. The van der Waals surface area contributed by atoms with E-state index in [1.807, 2.05) is 32.0 Å². The number of amides is 1. The van der Waals surface area contributed by atoms with Gasteiger partial charge in [0.1, 0.15) is 5.75 Å². The maximum Gasteiger partial charge on any atom is 0.258 e. The average Bonchev–Trinajstić information content (AvgIpc) is 2.79. The lowest BCUT2D eigenvalue weighted by atomic mass is 9.97. The molecule has 1 atom stereocenters. The number of aromatic nitrogens is 3. The fraction of sp³-hybridized carbons (Fsp3) is 0.217. The highest BCUT2D eigenvalue weighted by atomic mass is 16.5. The van der Waals surface area contributed by atoms with Crippen molar-refractivity contribution in [1.82, 2.24) is 15.0 Å². The summed E-state index contributed by atoms with van der Waals surface area (Å²) in [5, 5.41) is 10.4. The van der Waals surface area contributed by atoms with Crippen LogP contribution in [0.5, 0.6) is 5.75 Å². The molecule has 2 heterocycles. The molecule has 0 saturated carbocycles. The van der Waals surface area contributed by atoms with Gasteiger partial charge in [0.25, 0.3) is 5.91 Å². The van der Waals surface area contributed by atoms with Crippen molar-refractivity contribution < 1.29 is 9.53 Å². The van der Waals surface area contributed by atoms with Crippen molar-refractivity contribution >= 4 is 24.2 Å². The summed E-state index contributed by atoms with van der Waals surface area (Å²) >= 11 is 0. The molecule has 1 amide bonds. The number of pyridine rings is 1. The Hall–Kier alpha value is -3.94.